The lowest BCUT2D eigenvalue weighted by molar-refractivity contribution is -0.136. The molecule has 9 nitrogen and oxygen atoms in total. The van der Waals surface area contributed by atoms with Crippen molar-refractivity contribution in [1.82, 2.24) is 29.8 Å². The summed E-state index contributed by atoms with van der Waals surface area (Å²) in [6, 6.07) is 40.1. The molecule has 0 amide bonds. The lowest BCUT2D eigenvalue weighted by Crippen LogP contribution is -2.39. The van der Waals surface area contributed by atoms with Crippen molar-refractivity contribution in [2.24, 2.45) is 0 Å². The molecule has 3 aromatic heterocycles. The van der Waals surface area contributed by atoms with Crippen molar-refractivity contribution in [2.75, 3.05) is 0 Å². The number of halogens is 4. The number of fused-ring (bicyclic) bond motifs is 1. The fourth-order valence-corrected chi connectivity index (χ4v) is 7.77. The smallest absolute Gasteiger partial charge is 0.420 e. The second-order valence-electron chi connectivity index (χ2n) is 13.6. The fraction of sp³-hybridized carbons (Fsp3) is 0.159. The van der Waals surface area contributed by atoms with Crippen LogP contribution in [0.2, 0.25) is 5.15 Å². The van der Waals surface area contributed by atoms with Crippen LogP contribution in [0, 0.1) is 0 Å². The van der Waals surface area contributed by atoms with Gasteiger partial charge in [0, 0.05) is 29.5 Å². The topological polar surface area (TPSA) is 112 Å². The van der Waals surface area contributed by atoms with E-state index in [1.165, 1.54) is 27.6 Å². The molecule has 0 atom stereocenters. The number of hydrogen-bond acceptors (Lipinski definition) is 6. The second kappa shape index (κ2) is 15.2. The zero-order valence-corrected chi connectivity index (χ0v) is 31.2. The SMILES string of the molecule is CCCCc1nc(Cl)c(C(=O)O)n1Cc1ccc2oc(-c3ccccc3-c3nnn(C(c4ccccc4)(c4ccccc4)c4ccccc4)n3)c(C(F)(F)F)c2c1. The molecule has 0 bridgehead atoms. The number of carboxylic acids is 1. The molecular weight excluding hydrogens is 753 g/mol. The van der Waals surface area contributed by atoms with Gasteiger partial charge in [0.25, 0.3) is 0 Å². The highest BCUT2D eigenvalue weighted by atomic mass is 35.5. The third kappa shape index (κ3) is 6.75. The van der Waals surface area contributed by atoms with Crippen molar-refractivity contribution in [3.63, 3.8) is 0 Å². The lowest BCUT2D eigenvalue weighted by Gasteiger charge is -2.34. The Bertz CT molecular complexity index is 2600. The van der Waals surface area contributed by atoms with Crippen LogP contribution < -0.4 is 0 Å². The van der Waals surface area contributed by atoms with E-state index in [1.54, 1.807) is 24.3 Å². The number of rotatable bonds is 12. The molecule has 8 rings (SSSR count). The molecule has 8 aromatic rings. The average molecular weight is 787 g/mol. The molecule has 0 aliphatic carbocycles. The van der Waals surface area contributed by atoms with E-state index >= 15 is 13.2 Å². The summed E-state index contributed by atoms with van der Waals surface area (Å²) in [6.07, 6.45) is -2.85. The molecule has 0 fully saturated rings. The van der Waals surface area contributed by atoms with Gasteiger partial charge in [-0.15, -0.1) is 15.0 Å². The average Bonchev–Trinajstić information content (AvgIpc) is 3.94. The van der Waals surface area contributed by atoms with Gasteiger partial charge in [-0.05, 0) is 46.0 Å². The van der Waals surface area contributed by atoms with E-state index in [0.29, 0.717) is 17.8 Å². The molecule has 0 spiro atoms. The Morgan fingerprint density at radius 2 is 1.39 bits per heavy atom. The number of aromatic carboxylic acids is 1. The third-order valence-electron chi connectivity index (χ3n) is 10.0. The quantitative estimate of drug-likeness (QED) is 0.123. The van der Waals surface area contributed by atoms with E-state index in [-0.39, 0.29) is 45.3 Å². The zero-order valence-electron chi connectivity index (χ0n) is 30.5. The summed E-state index contributed by atoms with van der Waals surface area (Å²) in [6.45, 7) is 1.92. The molecule has 57 heavy (non-hydrogen) atoms. The third-order valence-corrected chi connectivity index (χ3v) is 10.3. The van der Waals surface area contributed by atoms with Crippen LogP contribution in [0.1, 0.15) is 63.9 Å². The van der Waals surface area contributed by atoms with E-state index in [9.17, 15) is 9.90 Å². The van der Waals surface area contributed by atoms with E-state index in [1.807, 2.05) is 97.9 Å². The Morgan fingerprint density at radius 1 is 0.807 bits per heavy atom. The van der Waals surface area contributed by atoms with Gasteiger partial charge in [0.15, 0.2) is 16.4 Å². The Balaban J connectivity index is 1.27. The van der Waals surface area contributed by atoms with E-state index < -0.39 is 29.0 Å². The van der Waals surface area contributed by atoms with E-state index in [0.717, 1.165) is 29.5 Å². The monoisotopic (exact) mass is 786 g/mol. The Labute approximate surface area is 330 Å². The Kier molecular flexibility index (Phi) is 9.97. The number of hydrogen-bond donors (Lipinski definition) is 1. The van der Waals surface area contributed by atoms with Crippen LogP contribution in [0.25, 0.3) is 33.7 Å². The van der Waals surface area contributed by atoms with Crippen molar-refractivity contribution in [3.05, 3.63) is 178 Å². The van der Waals surface area contributed by atoms with Crippen molar-refractivity contribution in [2.45, 2.75) is 44.4 Å². The van der Waals surface area contributed by atoms with Gasteiger partial charge in [0.05, 0.1) is 0 Å². The first kappa shape index (κ1) is 37.4. The van der Waals surface area contributed by atoms with Crippen LogP contribution in [0.15, 0.2) is 138 Å². The molecule has 13 heteroatoms. The van der Waals surface area contributed by atoms with Gasteiger partial charge >= 0.3 is 12.1 Å². The lowest BCUT2D eigenvalue weighted by atomic mass is 9.77. The molecule has 286 valence electrons. The second-order valence-corrected chi connectivity index (χ2v) is 13.9. The number of imidazole rings is 1. The summed E-state index contributed by atoms with van der Waals surface area (Å²) >= 11 is 6.23. The number of benzene rings is 5. The van der Waals surface area contributed by atoms with Crippen LogP contribution in [0.4, 0.5) is 13.2 Å². The summed E-state index contributed by atoms with van der Waals surface area (Å²) in [7, 11) is 0. The van der Waals surface area contributed by atoms with Crippen LogP contribution in [-0.2, 0) is 24.7 Å². The highest BCUT2D eigenvalue weighted by Gasteiger charge is 2.42. The highest BCUT2D eigenvalue weighted by Crippen LogP contribution is 2.47. The highest BCUT2D eigenvalue weighted by molar-refractivity contribution is 6.32. The number of unbranched alkanes of at least 4 members (excludes halogenated alkanes) is 1. The largest absolute Gasteiger partial charge is 0.476 e. The minimum atomic E-state index is -4.85. The minimum Gasteiger partial charge on any atom is -0.476 e. The molecule has 5 aromatic carbocycles. The van der Waals surface area contributed by atoms with Gasteiger partial charge in [0.2, 0.25) is 5.82 Å². The molecule has 0 aliphatic heterocycles. The molecule has 1 N–H and O–H groups in total. The summed E-state index contributed by atoms with van der Waals surface area (Å²) < 4.78 is 53.3. The summed E-state index contributed by atoms with van der Waals surface area (Å²) in [5, 5.41) is 23.6. The first-order chi connectivity index (χ1) is 27.6. The number of nitrogens with zero attached hydrogens (tertiary/aromatic N) is 6. The summed E-state index contributed by atoms with van der Waals surface area (Å²) in [5.74, 6) is -1.17. The maximum absolute atomic E-state index is 15.3. The molecule has 0 saturated carbocycles. The number of tetrazole rings is 1. The van der Waals surface area contributed by atoms with Crippen LogP contribution in [-0.4, -0.2) is 40.8 Å². The van der Waals surface area contributed by atoms with Gasteiger partial charge in [-0.3, -0.25) is 0 Å². The number of aromatic nitrogens is 6. The maximum atomic E-state index is 15.3. The number of aryl methyl sites for hydroxylation is 1. The predicted octanol–water partition coefficient (Wildman–Crippen LogP) is 10.6. The van der Waals surface area contributed by atoms with E-state index in [4.69, 9.17) is 21.1 Å². The molecule has 0 saturated heterocycles. The van der Waals surface area contributed by atoms with Gasteiger partial charge < -0.3 is 14.1 Å². The fourth-order valence-electron chi connectivity index (χ4n) is 7.49. The standard InChI is InChI=1S/C44H34ClF3N6O3/c1-2-3-23-36-49-40(45)38(42(55)56)53(36)27-28-24-25-35-34(26-28)37(44(46,47)48)39(57-35)32-21-13-14-22-33(32)41-50-52-54(51-41)43(29-15-7-4-8-16-29,30-17-9-5-10-18-30)31-19-11-6-12-20-31/h4-22,24-26H,2-3,23,27H2,1H3,(H,55,56). The molecule has 0 unspecified atom stereocenters. The van der Waals surface area contributed by atoms with Gasteiger partial charge in [-0.1, -0.05) is 146 Å². The maximum Gasteiger partial charge on any atom is 0.420 e. The van der Waals surface area contributed by atoms with E-state index in [2.05, 4.69) is 15.3 Å². The number of alkyl halides is 3. The normalized spacial score (nSPS) is 12.0. The molecule has 0 aliphatic rings. The van der Waals surface area contributed by atoms with Crippen LogP contribution in [0.3, 0.4) is 0 Å². The number of furan rings is 1. The predicted molar refractivity (Wildman–Crippen MR) is 210 cm³/mol. The Morgan fingerprint density at radius 3 is 1.95 bits per heavy atom. The summed E-state index contributed by atoms with van der Waals surface area (Å²) in [4.78, 5) is 18.0. The van der Waals surface area contributed by atoms with Crippen molar-refractivity contribution in [1.29, 1.82) is 0 Å². The first-order valence-electron chi connectivity index (χ1n) is 18.3. The van der Waals surface area contributed by atoms with Crippen molar-refractivity contribution >= 4 is 28.5 Å². The van der Waals surface area contributed by atoms with Crippen molar-refractivity contribution in [3.8, 4) is 22.7 Å². The zero-order chi connectivity index (χ0) is 39.7. The molecule has 0 radical (unpaired) electrons. The van der Waals surface area contributed by atoms with Gasteiger partial charge in [0.1, 0.15) is 22.7 Å². The first-order valence-corrected chi connectivity index (χ1v) is 18.7. The minimum absolute atomic E-state index is 0.00271. The molecule has 3 heterocycles. The number of carboxylic acid groups (broad SMARTS) is 1. The number of carbonyl (C=O) groups is 1. The summed E-state index contributed by atoms with van der Waals surface area (Å²) in [5.41, 5.74) is 1.02. The van der Waals surface area contributed by atoms with Crippen LogP contribution in [0.5, 0.6) is 0 Å². The molecular formula is C44H34ClF3N6O3. The van der Waals surface area contributed by atoms with Gasteiger partial charge in [-0.2, -0.15) is 13.2 Å². The Hall–Kier alpha value is -6.53. The van der Waals surface area contributed by atoms with Crippen LogP contribution >= 0.6 is 11.6 Å². The van der Waals surface area contributed by atoms with Gasteiger partial charge in [-0.25, -0.2) is 9.78 Å². The van der Waals surface area contributed by atoms with Crippen molar-refractivity contribution < 1.29 is 27.5 Å².